The molecule has 1 aliphatic carbocycles. The second-order valence-corrected chi connectivity index (χ2v) is 5.75. The number of hydrogen-bond acceptors (Lipinski definition) is 4. The van der Waals surface area contributed by atoms with Crippen LogP contribution in [0.3, 0.4) is 0 Å². The molecule has 0 aromatic carbocycles. The van der Waals surface area contributed by atoms with Crippen molar-refractivity contribution < 1.29 is 14.7 Å². The van der Waals surface area contributed by atoms with Crippen molar-refractivity contribution in [1.29, 1.82) is 0 Å². The van der Waals surface area contributed by atoms with E-state index in [9.17, 15) is 14.7 Å². The lowest BCUT2D eigenvalue weighted by molar-refractivity contribution is -0.150. The Morgan fingerprint density at radius 1 is 1.29 bits per heavy atom. The molecule has 1 heterocycles. The maximum absolute atomic E-state index is 12.2. The number of aryl methyl sites for hydroxylation is 2. The van der Waals surface area contributed by atoms with Crippen LogP contribution in [0, 0.1) is 19.3 Å². The summed E-state index contributed by atoms with van der Waals surface area (Å²) in [6.45, 7) is 3.67. The third-order valence-corrected chi connectivity index (χ3v) is 4.20. The molecule has 2 rings (SSSR count). The Morgan fingerprint density at radius 2 is 1.95 bits per heavy atom. The van der Waals surface area contributed by atoms with Crippen LogP contribution >= 0.6 is 0 Å². The van der Waals surface area contributed by atoms with Gasteiger partial charge in [0.25, 0.3) is 5.91 Å². The Labute approximate surface area is 124 Å². The Kier molecular flexibility index (Phi) is 4.55. The van der Waals surface area contributed by atoms with E-state index in [0.29, 0.717) is 29.9 Å². The molecule has 0 atom stereocenters. The van der Waals surface area contributed by atoms with Crippen LogP contribution in [0.2, 0.25) is 0 Å². The number of aromatic nitrogens is 2. The monoisotopic (exact) mass is 291 g/mol. The van der Waals surface area contributed by atoms with Gasteiger partial charge in [-0.1, -0.05) is 19.3 Å². The van der Waals surface area contributed by atoms with Gasteiger partial charge in [-0.05, 0) is 26.7 Å². The Bertz CT molecular complexity index is 551. The lowest BCUT2D eigenvalue weighted by atomic mass is 9.74. The summed E-state index contributed by atoms with van der Waals surface area (Å²) in [7, 11) is 0. The number of carbonyl (C=O) groups is 2. The summed E-state index contributed by atoms with van der Waals surface area (Å²) in [5, 5.41) is 12.2. The number of carbonyl (C=O) groups excluding carboxylic acids is 1. The van der Waals surface area contributed by atoms with Gasteiger partial charge in [0, 0.05) is 12.7 Å². The molecular weight excluding hydrogens is 270 g/mol. The van der Waals surface area contributed by atoms with Crippen LogP contribution in [-0.2, 0) is 4.79 Å². The molecule has 0 unspecified atom stereocenters. The molecule has 2 N–H and O–H groups in total. The third kappa shape index (κ3) is 3.37. The first-order valence-corrected chi connectivity index (χ1v) is 7.26. The van der Waals surface area contributed by atoms with E-state index in [0.717, 1.165) is 19.3 Å². The lowest BCUT2D eigenvalue weighted by Crippen LogP contribution is -2.44. The van der Waals surface area contributed by atoms with Crippen LogP contribution in [0.15, 0.2) is 6.20 Å². The highest BCUT2D eigenvalue weighted by molar-refractivity contribution is 5.95. The number of carboxylic acid groups (broad SMARTS) is 1. The highest BCUT2D eigenvalue weighted by Gasteiger charge is 2.39. The van der Waals surface area contributed by atoms with Gasteiger partial charge in [-0.3, -0.25) is 9.59 Å². The summed E-state index contributed by atoms with van der Waals surface area (Å²) >= 11 is 0. The van der Waals surface area contributed by atoms with Gasteiger partial charge in [-0.2, -0.15) is 0 Å². The summed E-state index contributed by atoms with van der Waals surface area (Å²) in [6.07, 6.45) is 5.58. The molecule has 0 aliphatic heterocycles. The Hall–Kier alpha value is -1.98. The van der Waals surface area contributed by atoms with E-state index < -0.39 is 11.4 Å². The van der Waals surface area contributed by atoms with E-state index in [2.05, 4.69) is 15.3 Å². The zero-order chi connectivity index (χ0) is 15.5. The van der Waals surface area contributed by atoms with E-state index in [4.69, 9.17) is 0 Å². The largest absolute Gasteiger partial charge is 0.481 e. The first-order chi connectivity index (χ1) is 9.94. The summed E-state index contributed by atoms with van der Waals surface area (Å²) in [6, 6.07) is 0. The van der Waals surface area contributed by atoms with Crippen LogP contribution in [-0.4, -0.2) is 33.5 Å². The van der Waals surface area contributed by atoms with Crippen molar-refractivity contribution in [3.8, 4) is 0 Å². The highest BCUT2D eigenvalue weighted by Crippen LogP contribution is 2.36. The molecule has 6 heteroatoms. The van der Waals surface area contributed by atoms with Gasteiger partial charge < -0.3 is 10.4 Å². The van der Waals surface area contributed by atoms with Gasteiger partial charge in [0.1, 0.15) is 5.82 Å². The lowest BCUT2D eigenvalue weighted by Gasteiger charge is -2.33. The molecule has 0 saturated heterocycles. The minimum absolute atomic E-state index is 0.161. The average Bonchev–Trinajstić information content (AvgIpc) is 2.45. The molecule has 6 nitrogen and oxygen atoms in total. The van der Waals surface area contributed by atoms with E-state index in [1.807, 2.05) is 0 Å². The second-order valence-electron chi connectivity index (χ2n) is 5.75. The SMILES string of the molecule is Cc1ncc(C(=O)NCC2(C(=O)O)CCCCC2)c(C)n1. The quantitative estimate of drug-likeness (QED) is 0.883. The fourth-order valence-electron chi connectivity index (χ4n) is 2.85. The number of amides is 1. The van der Waals surface area contributed by atoms with Gasteiger partial charge in [0.2, 0.25) is 0 Å². The van der Waals surface area contributed by atoms with Gasteiger partial charge in [0.05, 0.1) is 16.7 Å². The number of nitrogens with one attached hydrogen (secondary N) is 1. The number of rotatable bonds is 4. The number of nitrogens with zero attached hydrogens (tertiary/aromatic N) is 2. The molecule has 1 aliphatic rings. The van der Waals surface area contributed by atoms with E-state index >= 15 is 0 Å². The molecule has 1 saturated carbocycles. The fourth-order valence-corrected chi connectivity index (χ4v) is 2.85. The van der Waals surface area contributed by atoms with E-state index in [1.54, 1.807) is 13.8 Å². The summed E-state index contributed by atoms with van der Waals surface area (Å²) < 4.78 is 0. The molecule has 1 amide bonds. The maximum atomic E-state index is 12.2. The van der Waals surface area contributed by atoms with Crippen LogP contribution in [0.25, 0.3) is 0 Å². The van der Waals surface area contributed by atoms with Crippen LogP contribution in [0.1, 0.15) is 54.0 Å². The maximum Gasteiger partial charge on any atom is 0.311 e. The first-order valence-electron chi connectivity index (χ1n) is 7.26. The molecule has 1 fully saturated rings. The smallest absolute Gasteiger partial charge is 0.311 e. The first kappa shape index (κ1) is 15.4. The van der Waals surface area contributed by atoms with Crippen molar-refractivity contribution in [2.24, 2.45) is 5.41 Å². The standard InChI is InChI=1S/C15H21N3O3/c1-10-12(8-16-11(2)18-10)13(19)17-9-15(14(20)21)6-4-3-5-7-15/h8H,3-7,9H2,1-2H3,(H,17,19)(H,20,21). The van der Waals surface area contributed by atoms with E-state index in [-0.39, 0.29) is 12.5 Å². The predicted octanol–water partition coefficient (Wildman–Crippen LogP) is 1.86. The van der Waals surface area contributed by atoms with Crippen molar-refractivity contribution in [1.82, 2.24) is 15.3 Å². The molecule has 1 aromatic rings. The summed E-state index contributed by atoms with van der Waals surface area (Å²) in [5.74, 6) is -0.517. The molecular formula is C15H21N3O3. The molecule has 114 valence electrons. The Morgan fingerprint density at radius 3 is 2.52 bits per heavy atom. The average molecular weight is 291 g/mol. The van der Waals surface area contributed by atoms with Gasteiger partial charge in [0.15, 0.2) is 0 Å². The minimum Gasteiger partial charge on any atom is -0.481 e. The van der Waals surface area contributed by atoms with Gasteiger partial charge in [-0.15, -0.1) is 0 Å². The second kappa shape index (κ2) is 6.20. The topological polar surface area (TPSA) is 92.2 Å². The summed E-state index contributed by atoms with van der Waals surface area (Å²) in [4.78, 5) is 31.9. The Balaban J connectivity index is 2.07. The van der Waals surface area contributed by atoms with Crippen molar-refractivity contribution >= 4 is 11.9 Å². The molecule has 0 spiro atoms. The zero-order valence-electron chi connectivity index (χ0n) is 12.5. The number of hydrogen-bond donors (Lipinski definition) is 2. The number of carboxylic acids is 1. The van der Waals surface area contributed by atoms with Crippen molar-refractivity contribution in [3.05, 3.63) is 23.3 Å². The van der Waals surface area contributed by atoms with Gasteiger partial charge in [-0.25, -0.2) is 9.97 Å². The van der Waals surface area contributed by atoms with Crippen LogP contribution in [0.4, 0.5) is 0 Å². The normalized spacial score (nSPS) is 17.2. The van der Waals surface area contributed by atoms with Crippen molar-refractivity contribution in [3.63, 3.8) is 0 Å². The third-order valence-electron chi connectivity index (χ3n) is 4.20. The predicted molar refractivity (Wildman–Crippen MR) is 77.0 cm³/mol. The fraction of sp³-hybridized carbons (Fsp3) is 0.600. The zero-order valence-corrected chi connectivity index (χ0v) is 12.5. The van der Waals surface area contributed by atoms with Crippen LogP contribution < -0.4 is 5.32 Å². The van der Waals surface area contributed by atoms with E-state index in [1.165, 1.54) is 6.20 Å². The minimum atomic E-state index is -0.826. The van der Waals surface area contributed by atoms with Crippen molar-refractivity contribution in [2.45, 2.75) is 46.0 Å². The van der Waals surface area contributed by atoms with Crippen molar-refractivity contribution in [2.75, 3.05) is 6.54 Å². The molecule has 1 aromatic heterocycles. The molecule has 0 radical (unpaired) electrons. The van der Waals surface area contributed by atoms with Gasteiger partial charge >= 0.3 is 5.97 Å². The highest BCUT2D eigenvalue weighted by atomic mass is 16.4. The molecule has 0 bridgehead atoms. The molecule has 21 heavy (non-hydrogen) atoms. The summed E-state index contributed by atoms with van der Waals surface area (Å²) in [5.41, 5.74) is 0.179. The van der Waals surface area contributed by atoms with Crippen LogP contribution in [0.5, 0.6) is 0 Å². The number of aliphatic carboxylic acids is 1.